The van der Waals surface area contributed by atoms with E-state index in [0.29, 0.717) is 24.0 Å². The van der Waals surface area contributed by atoms with E-state index >= 15 is 0 Å². The highest BCUT2D eigenvalue weighted by atomic mass is 35.5. The maximum Gasteiger partial charge on any atom is 0.142 e. The van der Waals surface area contributed by atoms with Gasteiger partial charge in [-0.25, -0.2) is 8.78 Å². The van der Waals surface area contributed by atoms with Crippen molar-refractivity contribution in [3.63, 3.8) is 0 Å². The first kappa shape index (κ1) is 14.9. The van der Waals surface area contributed by atoms with Crippen LogP contribution in [0.15, 0.2) is 42.5 Å². The molecule has 4 heteroatoms. The molecule has 1 unspecified atom stereocenters. The summed E-state index contributed by atoms with van der Waals surface area (Å²) in [6.07, 6.45) is 0.886. The standard InChI is InChI=1S/C16H16ClF2N/c1-2-16(20,12-5-3-4-6-14(12)18)10-11-7-8-13(17)15(19)9-11/h3-9H,2,10,20H2,1H3. The molecule has 0 aromatic heterocycles. The molecule has 2 aromatic carbocycles. The Bertz CT molecular complexity index is 615. The molecule has 2 aromatic rings. The predicted octanol–water partition coefficient (Wildman–Crippen LogP) is 4.42. The maximum atomic E-state index is 13.9. The van der Waals surface area contributed by atoms with Crippen molar-refractivity contribution in [3.8, 4) is 0 Å². The van der Waals surface area contributed by atoms with Crippen molar-refractivity contribution in [1.29, 1.82) is 0 Å². The summed E-state index contributed by atoms with van der Waals surface area (Å²) in [7, 11) is 0. The van der Waals surface area contributed by atoms with E-state index in [-0.39, 0.29) is 10.8 Å². The number of hydrogen-bond donors (Lipinski definition) is 1. The van der Waals surface area contributed by atoms with Crippen LogP contribution in [0.2, 0.25) is 5.02 Å². The third-order valence-electron chi connectivity index (χ3n) is 3.54. The fraction of sp³-hybridized carbons (Fsp3) is 0.250. The summed E-state index contributed by atoms with van der Waals surface area (Å²) in [6, 6.07) is 11.0. The topological polar surface area (TPSA) is 26.0 Å². The van der Waals surface area contributed by atoms with Gasteiger partial charge in [-0.15, -0.1) is 0 Å². The molecule has 106 valence electrons. The van der Waals surface area contributed by atoms with E-state index in [4.69, 9.17) is 17.3 Å². The highest BCUT2D eigenvalue weighted by molar-refractivity contribution is 6.30. The molecular formula is C16H16ClF2N. The van der Waals surface area contributed by atoms with Crippen LogP contribution < -0.4 is 5.73 Å². The Morgan fingerprint density at radius 3 is 2.40 bits per heavy atom. The second kappa shape index (κ2) is 5.90. The van der Waals surface area contributed by atoms with Gasteiger partial charge in [0.05, 0.1) is 5.02 Å². The Kier molecular flexibility index (Phi) is 4.41. The molecule has 0 aliphatic carbocycles. The fourth-order valence-electron chi connectivity index (χ4n) is 2.29. The predicted molar refractivity (Wildman–Crippen MR) is 77.7 cm³/mol. The van der Waals surface area contributed by atoms with Crippen LogP contribution in [0, 0.1) is 11.6 Å². The monoisotopic (exact) mass is 295 g/mol. The van der Waals surface area contributed by atoms with Gasteiger partial charge in [0.2, 0.25) is 0 Å². The molecule has 0 spiro atoms. The average molecular weight is 296 g/mol. The number of nitrogens with two attached hydrogens (primary N) is 1. The zero-order valence-electron chi connectivity index (χ0n) is 11.2. The molecule has 0 bridgehead atoms. The van der Waals surface area contributed by atoms with Gasteiger partial charge in [-0.05, 0) is 36.6 Å². The van der Waals surface area contributed by atoms with Crippen molar-refractivity contribution in [2.45, 2.75) is 25.3 Å². The van der Waals surface area contributed by atoms with Crippen LogP contribution in [0.3, 0.4) is 0 Å². The molecular weight excluding hydrogens is 280 g/mol. The normalized spacial score (nSPS) is 14.1. The van der Waals surface area contributed by atoms with Gasteiger partial charge >= 0.3 is 0 Å². The van der Waals surface area contributed by atoms with E-state index in [2.05, 4.69) is 0 Å². The summed E-state index contributed by atoms with van der Waals surface area (Å²) in [5.74, 6) is -0.831. The lowest BCUT2D eigenvalue weighted by Gasteiger charge is -2.29. The van der Waals surface area contributed by atoms with Crippen LogP contribution in [0.1, 0.15) is 24.5 Å². The molecule has 0 aliphatic heterocycles. The summed E-state index contributed by atoms with van der Waals surface area (Å²) in [4.78, 5) is 0. The SMILES string of the molecule is CCC(N)(Cc1ccc(Cl)c(F)c1)c1ccccc1F. The molecule has 2 rings (SSSR count). The van der Waals surface area contributed by atoms with Crippen LogP contribution in [-0.4, -0.2) is 0 Å². The van der Waals surface area contributed by atoms with Crippen LogP contribution >= 0.6 is 11.6 Å². The smallest absolute Gasteiger partial charge is 0.142 e. The largest absolute Gasteiger partial charge is 0.321 e. The molecule has 0 saturated heterocycles. The summed E-state index contributed by atoms with van der Waals surface area (Å²) in [5.41, 5.74) is 6.61. The Labute approximate surface area is 122 Å². The van der Waals surface area contributed by atoms with Gasteiger partial charge in [-0.3, -0.25) is 0 Å². The van der Waals surface area contributed by atoms with Crippen LogP contribution in [0.25, 0.3) is 0 Å². The molecule has 0 heterocycles. The summed E-state index contributed by atoms with van der Waals surface area (Å²) >= 11 is 5.66. The van der Waals surface area contributed by atoms with E-state index in [0.717, 1.165) is 0 Å². The van der Waals surface area contributed by atoms with E-state index in [1.165, 1.54) is 18.2 Å². The van der Waals surface area contributed by atoms with E-state index in [9.17, 15) is 8.78 Å². The Hall–Kier alpha value is -1.45. The minimum atomic E-state index is -0.869. The molecule has 0 fully saturated rings. The first-order valence-corrected chi connectivity index (χ1v) is 6.82. The molecule has 0 aliphatic rings. The van der Waals surface area contributed by atoms with Gasteiger partial charge in [0.1, 0.15) is 11.6 Å². The second-order valence-corrected chi connectivity index (χ2v) is 5.32. The Balaban J connectivity index is 2.36. The van der Waals surface area contributed by atoms with Gasteiger partial charge < -0.3 is 5.73 Å². The third kappa shape index (κ3) is 3.00. The Morgan fingerprint density at radius 2 is 1.80 bits per heavy atom. The molecule has 0 saturated carbocycles. The van der Waals surface area contributed by atoms with Gasteiger partial charge in [-0.2, -0.15) is 0 Å². The molecule has 2 N–H and O–H groups in total. The van der Waals surface area contributed by atoms with Gasteiger partial charge in [-0.1, -0.05) is 42.8 Å². The minimum Gasteiger partial charge on any atom is -0.321 e. The zero-order chi connectivity index (χ0) is 14.8. The number of hydrogen-bond acceptors (Lipinski definition) is 1. The average Bonchev–Trinajstić information content (AvgIpc) is 2.43. The van der Waals surface area contributed by atoms with Crippen molar-refractivity contribution in [2.75, 3.05) is 0 Å². The maximum absolute atomic E-state index is 13.9. The molecule has 0 amide bonds. The van der Waals surface area contributed by atoms with Crippen LogP contribution in [0.5, 0.6) is 0 Å². The summed E-state index contributed by atoms with van der Waals surface area (Å²) in [5, 5.41) is 0.0683. The summed E-state index contributed by atoms with van der Waals surface area (Å²) < 4.78 is 27.4. The van der Waals surface area contributed by atoms with Crippen molar-refractivity contribution in [1.82, 2.24) is 0 Å². The first-order valence-electron chi connectivity index (χ1n) is 6.44. The van der Waals surface area contributed by atoms with Gasteiger partial charge in [0.25, 0.3) is 0 Å². The Morgan fingerprint density at radius 1 is 1.10 bits per heavy atom. The van der Waals surface area contributed by atoms with Crippen molar-refractivity contribution >= 4 is 11.6 Å². The minimum absolute atomic E-state index is 0.0683. The lowest BCUT2D eigenvalue weighted by molar-refractivity contribution is 0.402. The first-order chi connectivity index (χ1) is 9.46. The second-order valence-electron chi connectivity index (χ2n) is 4.91. The quantitative estimate of drug-likeness (QED) is 0.887. The zero-order valence-corrected chi connectivity index (χ0v) is 11.9. The lowest BCUT2D eigenvalue weighted by Crippen LogP contribution is -2.39. The van der Waals surface area contributed by atoms with E-state index in [1.54, 1.807) is 24.3 Å². The van der Waals surface area contributed by atoms with Crippen molar-refractivity contribution in [3.05, 3.63) is 70.2 Å². The van der Waals surface area contributed by atoms with Crippen molar-refractivity contribution < 1.29 is 8.78 Å². The highest BCUT2D eigenvalue weighted by Gasteiger charge is 2.28. The van der Waals surface area contributed by atoms with Gasteiger partial charge in [0.15, 0.2) is 0 Å². The summed E-state index contributed by atoms with van der Waals surface area (Å²) in [6.45, 7) is 1.89. The highest BCUT2D eigenvalue weighted by Crippen LogP contribution is 2.29. The molecule has 0 radical (unpaired) electrons. The van der Waals surface area contributed by atoms with E-state index < -0.39 is 11.4 Å². The van der Waals surface area contributed by atoms with Crippen molar-refractivity contribution in [2.24, 2.45) is 5.73 Å². The molecule has 20 heavy (non-hydrogen) atoms. The van der Waals surface area contributed by atoms with Crippen LogP contribution in [-0.2, 0) is 12.0 Å². The molecule has 1 atom stereocenters. The van der Waals surface area contributed by atoms with Gasteiger partial charge in [0, 0.05) is 11.1 Å². The van der Waals surface area contributed by atoms with E-state index in [1.807, 2.05) is 6.92 Å². The third-order valence-corrected chi connectivity index (χ3v) is 3.85. The number of halogens is 3. The van der Waals surface area contributed by atoms with Crippen LogP contribution in [0.4, 0.5) is 8.78 Å². The molecule has 1 nitrogen and oxygen atoms in total. The number of rotatable bonds is 4. The lowest BCUT2D eigenvalue weighted by atomic mass is 9.82. The number of benzene rings is 2. The fourth-order valence-corrected chi connectivity index (χ4v) is 2.41.